The maximum absolute atomic E-state index is 13.5. The Bertz CT molecular complexity index is 858. The van der Waals surface area contributed by atoms with E-state index in [0.29, 0.717) is 0 Å². The van der Waals surface area contributed by atoms with Crippen LogP contribution in [0.25, 0.3) is 0 Å². The van der Waals surface area contributed by atoms with Crippen molar-refractivity contribution in [2.24, 2.45) is 0 Å². The molecule has 2 rings (SSSR count). The number of halogens is 2. The number of ether oxygens (including phenoxy) is 1. The van der Waals surface area contributed by atoms with Crippen LogP contribution in [0, 0.1) is 31.9 Å². The summed E-state index contributed by atoms with van der Waals surface area (Å²) in [6.45, 7) is -0.667. The number of nitrogens with one attached hydrogen (secondary N) is 1. The van der Waals surface area contributed by atoms with E-state index >= 15 is 0 Å². The highest BCUT2D eigenvalue weighted by atomic mass is 19.1. The Hall–Kier alpha value is -3.63. The molecule has 11 heteroatoms. The number of carbonyl (C=O) groups excluding carboxylic acids is 1. The summed E-state index contributed by atoms with van der Waals surface area (Å²) in [4.78, 5) is 31.1. The first-order valence-electron chi connectivity index (χ1n) is 6.58. The molecule has 0 atom stereocenters. The van der Waals surface area contributed by atoms with Crippen LogP contribution in [0.5, 0.6) is 5.75 Å². The van der Waals surface area contributed by atoms with Gasteiger partial charge in [0.25, 0.3) is 11.6 Å². The van der Waals surface area contributed by atoms with E-state index in [4.69, 9.17) is 4.74 Å². The standard InChI is InChI=1S/C14H9F2N3O6/c15-10-3-1-8(18(21)22)5-12(10)17-14(20)7-25-9-2-4-13(19(23)24)11(16)6-9/h1-6H,7H2,(H,17,20). The highest BCUT2D eigenvalue weighted by Gasteiger charge is 2.16. The van der Waals surface area contributed by atoms with E-state index in [9.17, 15) is 33.8 Å². The average Bonchev–Trinajstić information content (AvgIpc) is 2.54. The molecule has 0 aliphatic carbocycles. The van der Waals surface area contributed by atoms with Crippen molar-refractivity contribution in [3.05, 3.63) is 68.3 Å². The quantitative estimate of drug-likeness (QED) is 0.629. The molecule has 0 radical (unpaired) electrons. The molecule has 130 valence electrons. The van der Waals surface area contributed by atoms with Gasteiger partial charge in [-0.25, -0.2) is 4.39 Å². The molecule has 0 unspecified atom stereocenters. The molecule has 0 aliphatic heterocycles. The number of amides is 1. The summed E-state index contributed by atoms with van der Waals surface area (Å²) >= 11 is 0. The van der Waals surface area contributed by atoms with E-state index in [2.05, 4.69) is 5.32 Å². The summed E-state index contributed by atoms with van der Waals surface area (Å²) in [5.41, 5.74) is -1.59. The monoisotopic (exact) mass is 353 g/mol. The van der Waals surface area contributed by atoms with Gasteiger partial charge >= 0.3 is 5.69 Å². The molecule has 2 aromatic rings. The van der Waals surface area contributed by atoms with Crippen molar-refractivity contribution in [3.8, 4) is 5.75 Å². The Morgan fingerprint density at radius 3 is 2.36 bits per heavy atom. The molecule has 0 heterocycles. The van der Waals surface area contributed by atoms with Crippen LogP contribution in [0.15, 0.2) is 36.4 Å². The molecule has 9 nitrogen and oxygen atoms in total. The topological polar surface area (TPSA) is 125 Å². The Balaban J connectivity index is 2.02. The van der Waals surface area contributed by atoms with Crippen LogP contribution in [-0.4, -0.2) is 22.4 Å². The molecule has 2 aromatic carbocycles. The van der Waals surface area contributed by atoms with Crippen LogP contribution in [0.1, 0.15) is 0 Å². The number of anilines is 1. The lowest BCUT2D eigenvalue weighted by Crippen LogP contribution is -2.21. The molecule has 0 aliphatic rings. The molecule has 0 saturated carbocycles. The summed E-state index contributed by atoms with van der Waals surface area (Å²) in [7, 11) is 0. The van der Waals surface area contributed by atoms with Gasteiger partial charge in [-0.2, -0.15) is 4.39 Å². The lowest BCUT2D eigenvalue weighted by molar-refractivity contribution is -0.387. The molecule has 1 N–H and O–H groups in total. The summed E-state index contributed by atoms with van der Waals surface area (Å²) in [6, 6.07) is 5.25. The Morgan fingerprint density at radius 2 is 1.76 bits per heavy atom. The van der Waals surface area contributed by atoms with Gasteiger partial charge in [0.05, 0.1) is 15.5 Å². The minimum absolute atomic E-state index is 0.155. The van der Waals surface area contributed by atoms with E-state index in [0.717, 1.165) is 36.4 Å². The predicted octanol–water partition coefficient (Wildman–Crippen LogP) is 2.80. The van der Waals surface area contributed by atoms with E-state index in [1.807, 2.05) is 0 Å². The van der Waals surface area contributed by atoms with Gasteiger partial charge in [0.2, 0.25) is 5.82 Å². The second-order valence-electron chi connectivity index (χ2n) is 4.63. The summed E-state index contributed by atoms with van der Waals surface area (Å²) < 4.78 is 31.9. The minimum atomic E-state index is -1.15. The van der Waals surface area contributed by atoms with Gasteiger partial charge in [-0.15, -0.1) is 0 Å². The Kier molecular flexibility index (Phi) is 5.17. The molecular weight excluding hydrogens is 344 g/mol. The SMILES string of the molecule is O=C(COc1ccc([N+](=O)[O-])c(F)c1)Nc1cc([N+](=O)[O-])ccc1F. The zero-order valence-electron chi connectivity index (χ0n) is 12.3. The van der Waals surface area contributed by atoms with E-state index in [-0.39, 0.29) is 5.75 Å². The highest BCUT2D eigenvalue weighted by molar-refractivity contribution is 5.92. The van der Waals surface area contributed by atoms with Gasteiger partial charge < -0.3 is 10.1 Å². The van der Waals surface area contributed by atoms with Crippen LogP contribution < -0.4 is 10.1 Å². The highest BCUT2D eigenvalue weighted by Crippen LogP contribution is 2.23. The van der Waals surface area contributed by atoms with Crippen LogP contribution in [0.2, 0.25) is 0 Å². The van der Waals surface area contributed by atoms with Crippen molar-refractivity contribution >= 4 is 23.0 Å². The first kappa shape index (κ1) is 17.7. The number of hydrogen-bond donors (Lipinski definition) is 1. The fourth-order valence-corrected chi connectivity index (χ4v) is 1.78. The molecular formula is C14H9F2N3O6. The number of carbonyl (C=O) groups is 1. The largest absolute Gasteiger partial charge is 0.484 e. The van der Waals surface area contributed by atoms with E-state index in [1.165, 1.54) is 0 Å². The van der Waals surface area contributed by atoms with E-state index < -0.39 is 51.1 Å². The van der Waals surface area contributed by atoms with Crippen molar-refractivity contribution in [2.45, 2.75) is 0 Å². The zero-order valence-corrected chi connectivity index (χ0v) is 12.3. The third-order valence-corrected chi connectivity index (χ3v) is 2.92. The third-order valence-electron chi connectivity index (χ3n) is 2.92. The summed E-state index contributed by atoms with van der Waals surface area (Å²) in [5.74, 6) is -3.05. The molecule has 1 amide bonds. The van der Waals surface area contributed by atoms with Crippen LogP contribution in [0.4, 0.5) is 25.8 Å². The second-order valence-corrected chi connectivity index (χ2v) is 4.63. The number of rotatable bonds is 6. The average molecular weight is 353 g/mol. The summed E-state index contributed by atoms with van der Waals surface area (Å²) in [5, 5.41) is 23.2. The maximum Gasteiger partial charge on any atom is 0.305 e. The number of benzene rings is 2. The summed E-state index contributed by atoms with van der Waals surface area (Å²) in [6.07, 6.45) is 0. The molecule has 0 saturated heterocycles. The first-order valence-corrected chi connectivity index (χ1v) is 6.58. The fourth-order valence-electron chi connectivity index (χ4n) is 1.78. The third kappa shape index (κ3) is 4.43. The number of nitrogens with zero attached hydrogens (tertiary/aromatic N) is 2. The van der Waals surface area contributed by atoms with Crippen molar-refractivity contribution < 1.29 is 28.2 Å². The number of non-ortho nitro benzene ring substituents is 1. The molecule has 0 bridgehead atoms. The maximum atomic E-state index is 13.5. The van der Waals surface area contributed by atoms with Crippen molar-refractivity contribution in [3.63, 3.8) is 0 Å². The van der Waals surface area contributed by atoms with Gasteiger partial charge in [-0.1, -0.05) is 0 Å². The normalized spacial score (nSPS) is 10.2. The van der Waals surface area contributed by atoms with Crippen LogP contribution in [-0.2, 0) is 4.79 Å². The predicted molar refractivity (Wildman–Crippen MR) is 80.2 cm³/mol. The number of hydrogen-bond acceptors (Lipinski definition) is 6. The van der Waals surface area contributed by atoms with E-state index in [1.54, 1.807) is 0 Å². The van der Waals surface area contributed by atoms with Gasteiger partial charge in [-0.3, -0.25) is 25.0 Å². The van der Waals surface area contributed by atoms with Crippen molar-refractivity contribution in [1.29, 1.82) is 0 Å². The molecule has 0 spiro atoms. The zero-order chi connectivity index (χ0) is 18.6. The van der Waals surface area contributed by atoms with Crippen LogP contribution >= 0.6 is 0 Å². The van der Waals surface area contributed by atoms with Gasteiger partial charge in [0.15, 0.2) is 6.61 Å². The van der Waals surface area contributed by atoms with Crippen LogP contribution in [0.3, 0.4) is 0 Å². The second kappa shape index (κ2) is 7.29. The smallest absolute Gasteiger partial charge is 0.305 e. The van der Waals surface area contributed by atoms with Gasteiger partial charge in [0.1, 0.15) is 11.6 Å². The van der Waals surface area contributed by atoms with Gasteiger partial charge in [0, 0.05) is 24.3 Å². The first-order chi connectivity index (χ1) is 11.8. The lowest BCUT2D eigenvalue weighted by atomic mass is 10.2. The fraction of sp³-hybridized carbons (Fsp3) is 0.0714. The Labute approximate surface area is 138 Å². The van der Waals surface area contributed by atoms with Crippen molar-refractivity contribution in [1.82, 2.24) is 0 Å². The molecule has 25 heavy (non-hydrogen) atoms. The molecule has 0 aromatic heterocycles. The number of nitro groups is 2. The minimum Gasteiger partial charge on any atom is -0.484 e. The van der Waals surface area contributed by atoms with Gasteiger partial charge in [-0.05, 0) is 12.1 Å². The van der Waals surface area contributed by atoms with Crippen molar-refractivity contribution in [2.75, 3.05) is 11.9 Å². The molecule has 0 fully saturated rings. The lowest BCUT2D eigenvalue weighted by Gasteiger charge is -2.08. The Morgan fingerprint density at radius 1 is 1.04 bits per heavy atom. The number of nitro benzene ring substituents is 2.